The Balaban J connectivity index is 1.40. The Labute approximate surface area is 143 Å². The zero-order chi connectivity index (χ0) is 17.0. The van der Waals surface area contributed by atoms with Crippen LogP contribution in [-0.4, -0.2) is 34.8 Å². The van der Waals surface area contributed by atoms with Gasteiger partial charge in [0.1, 0.15) is 0 Å². The molecule has 1 aromatic heterocycles. The maximum absolute atomic E-state index is 12.1. The van der Waals surface area contributed by atoms with Gasteiger partial charge in [-0.05, 0) is 37.8 Å². The summed E-state index contributed by atoms with van der Waals surface area (Å²) in [5.74, 6) is 0.0562. The second-order valence-corrected chi connectivity index (χ2v) is 6.94. The van der Waals surface area contributed by atoms with Gasteiger partial charge in [-0.15, -0.1) is 0 Å². The summed E-state index contributed by atoms with van der Waals surface area (Å²) >= 11 is 0. The number of nitrogens with zero attached hydrogens (tertiary/aromatic N) is 2. The molecular formula is C19H26N4O. The Hall–Kier alpha value is -2.14. The second kappa shape index (κ2) is 7.18. The third-order valence-corrected chi connectivity index (χ3v) is 4.70. The zero-order valence-corrected chi connectivity index (χ0v) is 14.5. The maximum Gasteiger partial charge on any atom is 0.233 e. The molecule has 0 spiro atoms. The number of nitrogens with one attached hydrogen (secondary N) is 2. The van der Waals surface area contributed by atoms with E-state index in [0.717, 1.165) is 31.5 Å². The average Bonchev–Trinajstić information content (AvgIpc) is 3.28. The number of hydrogen-bond donors (Lipinski definition) is 2. The van der Waals surface area contributed by atoms with E-state index in [1.807, 2.05) is 30.1 Å². The van der Waals surface area contributed by atoms with Crippen LogP contribution in [0.15, 0.2) is 42.7 Å². The third-order valence-electron chi connectivity index (χ3n) is 4.70. The smallest absolute Gasteiger partial charge is 0.233 e. The Bertz CT molecular complexity index is 676. The molecule has 128 valence electrons. The number of aryl methyl sites for hydroxylation is 1. The molecule has 1 atom stereocenters. The zero-order valence-electron chi connectivity index (χ0n) is 14.5. The monoisotopic (exact) mass is 326 g/mol. The molecule has 1 aromatic carbocycles. The van der Waals surface area contributed by atoms with Crippen LogP contribution in [0.3, 0.4) is 0 Å². The highest BCUT2D eigenvalue weighted by Gasteiger charge is 2.44. The fraction of sp³-hybridized carbons (Fsp3) is 0.474. The van der Waals surface area contributed by atoms with Crippen molar-refractivity contribution < 1.29 is 4.79 Å². The minimum absolute atomic E-state index is 0.0562. The molecule has 1 aliphatic carbocycles. The average molecular weight is 326 g/mol. The van der Waals surface area contributed by atoms with Gasteiger partial charge in [0.25, 0.3) is 0 Å². The van der Waals surface area contributed by atoms with Crippen LogP contribution in [0.4, 0.5) is 0 Å². The van der Waals surface area contributed by atoms with Crippen molar-refractivity contribution in [3.05, 3.63) is 53.9 Å². The Morgan fingerprint density at radius 2 is 2.08 bits per heavy atom. The van der Waals surface area contributed by atoms with Crippen molar-refractivity contribution in [1.29, 1.82) is 0 Å². The highest BCUT2D eigenvalue weighted by Crippen LogP contribution is 2.47. The van der Waals surface area contributed by atoms with Crippen LogP contribution < -0.4 is 10.6 Å². The Morgan fingerprint density at radius 3 is 2.71 bits per heavy atom. The molecule has 1 amide bonds. The number of benzene rings is 1. The predicted molar refractivity (Wildman–Crippen MR) is 94.8 cm³/mol. The number of carbonyl (C=O) groups is 1. The summed E-state index contributed by atoms with van der Waals surface area (Å²) in [6, 6.07) is 10.7. The van der Waals surface area contributed by atoms with Crippen molar-refractivity contribution >= 4 is 5.91 Å². The van der Waals surface area contributed by atoms with E-state index in [0.29, 0.717) is 6.54 Å². The van der Waals surface area contributed by atoms with E-state index in [-0.39, 0.29) is 17.4 Å². The Kier molecular flexibility index (Phi) is 5.00. The molecular weight excluding hydrogens is 300 g/mol. The lowest BCUT2D eigenvalue weighted by Gasteiger charge is -2.18. The van der Waals surface area contributed by atoms with E-state index in [1.165, 1.54) is 5.56 Å². The molecule has 2 N–H and O–H groups in total. The van der Waals surface area contributed by atoms with E-state index in [2.05, 4.69) is 46.9 Å². The fourth-order valence-corrected chi connectivity index (χ4v) is 3.02. The molecule has 1 saturated carbocycles. The van der Waals surface area contributed by atoms with E-state index in [4.69, 9.17) is 0 Å². The van der Waals surface area contributed by atoms with E-state index in [1.54, 1.807) is 0 Å². The lowest BCUT2D eigenvalue weighted by atomic mass is 9.96. The van der Waals surface area contributed by atoms with E-state index < -0.39 is 0 Å². The Morgan fingerprint density at radius 1 is 1.33 bits per heavy atom. The molecule has 0 unspecified atom stereocenters. The number of amides is 1. The first kappa shape index (κ1) is 16.7. The topological polar surface area (TPSA) is 59.0 Å². The number of aromatic nitrogens is 2. The van der Waals surface area contributed by atoms with Crippen molar-refractivity contribution in [1.82, 2.24) is 20.4 Å². The predicted octanol–water partition coefficient (Wildman–Crippen LogP) is 2.02. The lowest BCUT2D eigenvalue weighted by molar-refractivity contribution is -0.120. The number of hydrogen-bond acceptors (Lipinski definition) is 3. The summed E-state index contributed by atoms with van der Waals surface area (Å²) in [4.78, 5) is 12.1. The van der Waals surface area contributed by atoms with E-state index in [9.17, 15) is 4.79 Å². The van der Waals surface area contributed by atoms with Crippen molar-refractivity contribution in [2.24, 2.45) is 0 Å². The summed E-state index contributed by atoms with van der Waals surface area (Å²) in [5, 5.41) is 10.6. The van der Waals surface area contributed by atoms with Gasteiger partial charge in [0.15, 0.2) is 0 Å². The van der Waals surface area contributed by atoms with Crippen molar-refractivity contribution in [2.75, 3.05) is 13.1 Å². The summed E-state index contributed by atoms with van der Waals surface area (Å²) in [5.41, 5.74) is 2.64. The van der Waals surface area contributed by atoms with Gasteiger partial charge in [0.05, 0.1) is 19.3 Å². The van der Waals surface area contributed by atoms with Gasteiger partial charge >= 0.3 is 0 Å². The summed E-state index contributed by atoms with van der Waals surface area (Å²) < 4.78 is 1.90. The molecule has 1 fully saturated rings. The van der Waals surface area contributed by atoms with Crippen molar-refractivity contribution in [2.45, 2.75) is 44.7 Å². The largest absolute Gasteiger partial charge is 0.354 e. The molecule has 0 radical (unpaired) electrons. The second-order valence-electron chi connectivity index (χ2n) is 6.94. The molecule has 3 rings (SSSR count). The van der Waals surface area contributed by atoms with Crippen molar-refractivity contribution in [3.8, 4) is 0 Å². The van der Waals surface area contributed by atoms with E-state index >= 15 is 0 Å². The van der Waals surface area contributed by atoms with Gasteiger partial charge < -0.3 is 10.6 Å². The van der Waals surface area contributed by atoms with Crippen LogP contribution in [0.25, 0.3) is 0 Å². The minimum Gasteiger partial charge on any atom is -0.354 e. The molecule has 0 aliphatic heterocycles. The number of rotatable bonds is 8. The molecule has 2 aromatic rings. The normalized spacial score (nSPS) is 16.6. The SMILES string of the molecule is Cc1cnn(C[C@@H](C)NCC(=O)NCC2(c3ccccc3)CC2)c1. The molecule has 0 saturated heterocycles. The van der Waals surface area contributed by atoms with Gasteiger partial charge in [-0.3, -0.25) is 9.48 Å². The molecule has 1 aliphatic rings. The van der Waals surface area contributed by atoms with Crippen molar-refractivity contribution in [3.63, 3.8) is 0 Å². The van der Waals surface area contributed by atoms with Crippen LogP contribution in [0.1, 0.15) is 30.9 Å². The standard InChI is InChI=1S/C19H26N4O/c1-15-10-22-23(12-15)13-16(2)20-11-18(24)21-14-19(8-9-19)17-6-4-3-5-7-17/h3-7,10,12,16,20H,8-9,11,13-14H2,1-2H3,(H,21,24)/t16-/m1/s1. The van der Waals surface area contributed by atoms with Gasteiger partial charge in [-0.1, -0.05) is 30.3 Å². The first-order valence-electron chi connectivity index (χ1n) is 8.62. The first-order chi connectivity index (χ1) is 11.6. The van der Waals surface area contributed by atoms with Crippen LogP contribution in [0, 0.1) is 6.92 Å². The summed E-state index contributed by atoms with van der Waals surface area (Å²) in [6.07, 6.45) is 6.16. The molecule has 1 heterocycles. The quantitative estimate of drug-likeness (QED) is 0.780. The van der Waals surface area contributed by atoms with Crippen LogP contribution >= 0.6 is 0 Å². The fourth-order valence-electron chi connectivity index (χ4n) is 3.02. The van der Waals surface area contributed by atoms with Crippen LogP contribution in [0.2, 0.25) is 0 Å². The number of carbonyl (C=O) groups excluding carboxylic acids is 1. The molecule has 5 heteroatoms. The van der Waals surface area contributed by atoms with Gasteiger partial charge in [-0.25, -0.2) is 0 Å². The lowest BCUT2D eigenvalue weighted by Crippen LogP contribution is -2.42. The first-order valence-corrected chi connectivity index (χ1v) is 8.62. The molecule has 0 bridgehead atoms. The molecule has 5 nitrogen and oxygen atoms in total. The molecule has 24 heavy (non-hydrogen) atoms. The summed E-state index contributed by atoms with van der Waals surface area (Å²) in [7, 11) is 0. The van der Waals surface area contributed by atoms with Gasteiger partial charge in [0.2, 0.25) is 5.91 Å². The summed E-state index contributed by atoms with van der Waals surface area (Å²) in [6.45, 7) is 5.91. The minimum atomic E-state index is 0.0562. The maximum atomic E-state index is 12.1. The van der Waals surface area contributed by atoms with Gasteiger partial charge in [-0.2, -0.15) is 5.10 Å². The van der Waals surface area contributed by atoms with Crippen LogP contribution in [0.5, 0.6) is 0 Å². The third kappa shape index (κ3) is 4.23. The van der Waals surface area contributed by atoms with Crippen LogP contribution in [-0.2, 0) is 16.8 Å². The highest BCUT2D eigenvalue weighted by atomic mass is 16.1. The highest BCUT2D eigenvalue weighted by molar-refractivity contribution is 5.78. The van der Waals surface area contributed by atoms with Gasteiger partial charge in [0, 0.05) is 24.2 Å².